The van der Waals surface area contributed by atoms with Gasteiger partial charge in [0, 0.05) is 39.8 Å². The van der Waals surface area contributed by atoms with E-state index in [9.17, 15) is 0 Å². The number of methoxy groups -OCH3 is 1. The molecule has 0 amide bonds. The molecule has 0 radical (unpaired) electrons. The highest BCUT2D eigenvalue weighted by Gasteiger charge is 2.10. The third-order valence-corrected chi connectivity index (χ3v) is 4.64. The molecule has 1 heterocycles. The van der Waals surface area contributed by atoms with E-state index in [2.05, 4.69) is 65.7 Å². The molecule has 0 aliphatic carbocycles. The summed E-state index contributed by atoms with van der Waals surface area (Å²) in [4.78, 5) is 2.51. The van der Waals surface area contributed by atoms with Crippen LogP contribution in [0.5, 0.6) is 0 Å². The van der Waals surface area contributed by atoms with E-state index in [1.165, 1.54) is 22.3 Å². The highest BCUT2D eigenvalue weighted by atomic mass is 16.5. The maximum Gasteiger partial charge on any atom is 0.0793 e. The summed E-state index contributed by atoms with van der Waals surface area (Å²) in [6.45, 7) is 7.60. The predicted molar refractivity (Wildman–Crippen MR) is 95.4 cm³/mol. The van der Waals surface area contributed by atoms with Gasteiger partial charge in [-0.3, -0.25) is 4.90 Å². The van der Waals surface area contributed by atoms with Crippen LogP contribution in [-0.4, -0.2) is 38.2 Å². The summed E-state index contributed by atoms with van der Waals surface area (Å²) in [5.74, 6) is 0. The van der Waals surface area contributed by atoms with Gasteiger partial charge in [-0.25, -0.2) is 0 Å². The van der Waals surface area contributed by atoms with Crippen molar-refractivity contribution < 1.29 is 4.74 Å². The molecular formula is C20H26N2O. The lowest BCUT2D eigenvalue weighted by molar-refractivity contribution is 0.119. The van der Waals surface area contributed by atoms with E-state index in [1.807, 2.05) is 0 Å². The molecule has 0 unspecified atom stereocenters. The van der Waals surface area contributed by atoms with Crippen LogP contribution in [0.25, 0.3) is 11.1 Å². The highest BCUT2D eigenvalue weighted by Crippen LogP contribution is 2.23. The molecule has 1 fully saturated rings. The van der Waals surface area contributed by atoms with Gasteiger partial charge in [-0.1, -0.05) is 48.5 Å². The Kier molecular flexibility index (Phi) is 5.44. The van der Waals surface area contributed by atoms with E-state index in [0.717, 1.165) is 32.7 Å². The minimum absolute atomic E-state index is 0.144. The lowest BCUT2D eigenvalue weighted by Gasteiger charge is -2.27. The summed E-state index contributed by atoms with van der Waals surface area (Å²) in [6.07, 6.45) is 0.144. The van der Waals surface area contributed by atoms with Crippen molar-refractivity contribution in [3.8, 4) is 11.1 Å². The maximum absolute atomic E-state index is 5.36. The second kappa shape index (κ2) is 7.73. The molecule has 0 saturated carbocycles. The first-order chi connectivity index (χ1) is 11.3. The van der Waals surface area contributed by atoms with Crippen LogP contribution in [0, 0.1) is 0 Å². The molecule has 0 bridgehead atoms. The third-order valence-electron chi connectivity index (χ3n) is 4.64. The van der Waals surface area contributed by atoms with Crippen molar-refractivity contribution in [2.45, 2.75) is 19.6 Å². The van der Waals surface area contributed by atoms with Crippen LogP contribution in [0.4, 0.5) is 0 Å². The van der Waals surface area contributed by atoms with Crippen LogP contribution in [0.1, 0.15) is 24.2 Å². The number of hydrogen-bond donors (Lipinski definition) is 1. The fraction of sp³-hybridized carbons (Fsp3) is 0.400. The number of hydrogen-bond acceptors (Lipinski definition) is 3. The van der Waals surface area contributed by atoms with Crippen molar-refractivity contribution in [1.82, 2.24) is 10.2 Å². The van der Waals surface area contributed by atoms with Crippen molar-refractivity contribution in [1.29, 1.82) is 0 Å². The molecule has 0 aromatic heterocycles. The molecule has 3 rings (SSSR count). The Balaban J connectivity index is 1.66. The number of ether oxygens (including phenoxy) is 1. The number of nitrogens with zero attached hydrogens (tertiary/aromatic N) is 1. The zero-order chi connectivity index (χ0) is 16.1. The van der Waals surface area contributed by atoms with Crippen molar-refractivity contribution in [2.24, 2.45) is 0 Å². The Morgan fingerprint density at radius 1 is 0.957 bits per heavy atom. The first kappa shape index (κ1) is 16.2. The lowest BCUT2D eigenvalue weighted by Crippen LogP contribution is -2.42. The van der Waals surface area contributed by atoms with E-state index < -0.39 is 0 Å². The van der Waals surface area contributed by atoms with Gasteiger partial charge in [-0.15, -0.1) is 0 Å². The van der Waals surface area contributed by atoms with Crippen LogP contribution in [0.15, 0.2) is 48.5 Å². The molecule has 0 spiro atoms. The molecule has 2 aromatic rings. The molecule has 1 aliphatic heterocycles. The van der Waals surface area contributed by atoms with Gasteiger partial charge in [0.2, 0.25) is 0 Å². The monoisotopic (exact) mass is 310 g/mol. The van der Waals surface area contributed by atoms with Crippen LogP contribution in [0.2, 0.25) is 0 Å². The van der Waals surface area contributed by atoms with Gasteiger partial charge in [-0.05, 0) is 29.2 Å². The molecule has 2 aromatic carbocycles. The van der Waals surface area contributed by atoms with Crippen LogP contribution in [-0.2, 0) is 11.3 Å². The molecule has 3 heteroatoms. The van der Waals surface area contributed by atoms with Crippen LogP contribution < -0.4 is 5.32 Å². The van der Waals surface area contributed by atoms with Crippen molar-refractivity contribution >= 4 is 0 Å². The van der Waals surface area contributed by atoms with Gasteiger partial charge >= 0.3 is 0 Å². The zero-order valence-electron chi connectivity index (χ0n) is 14.1. The molecule has 1 aliphatic rings. The summed E-state index contributed by atoms with van der Waals surface area (Å²) in [6, 6.07) is 17.6. The largest absolute Gasteiger partial charge is 0.377 e. The second-order valence-electron chi connectivity index (χ2n) is 6.22. The number of rotatable bonds is 5. The van der Waals surface area contributed by atoms with Crippen molar-refractivity contribution in [2.75, 3.05) is 33.3 Å². The van der Waals surface area contributed by atoms with E-state index in [4.69, 9.17) is 4.74 Å². The van der Waals surface area contributed by atoms with Gasteiger partial charge in [0.1, 0.15) is 0 Å². The third kappa shape index (κ3) is 4.20. The summed E-state index contributed by atoms with van der Waals surface area (Å²) in [5, 5.41) is 3.40. The Labute approximate surface area is 139 Å². The SMILES string of the molecule is CO[C@@H](C)c1ccc(-c2ccc(CN3CCNCC3)cc2)cc1. The summed E-state index contributed by atoms with van der Waals surface area (Å²) in [5.41, 5.74) is 5.13. The Hall–Kier alpha value is -1.68. The smallest absolute Gasteiger partial charge is 0.0793 e. The summed E-state index contributed by atoms with van der Waals surface area (Å²) < 4.78 is 5.36. The minimum atomic E-state index is 0.144. The quantitative estimate of drug-likeness (QED) is 0.915. The zero-order valence-corrected chi connectivity index (χ0v) is 14.1. The predicted octanol–water partition coefficient (Wildman–Crippen LogP) is 3.47. The molecule has 1 N–H and O–H groups in total. The average molecular weight is 310 g/mol. The molecule has 122 valence electrons. The molecule has 23 heavy (non-hydrogen) atoms. The Morgan fingerprint density at radius 3 is 2.09 bits per heavy atom. The van der Waals surface area contributed by atoms with Crippen LogP contribution in [0.3, 0.4) is 0 Å². The minimum Gasteiger partial charge on any atom is -0.377 e. The molecule has 3 nitrogen and oxygen atoms in total. The maximum atomic E-state index is 5.36. The van der Waals surface area contributed by atoms with Gasteiger partial charge in [-0.2, -0.15) is 0 Å². The molecular weight excluding hydrogens is 284 g/mol. The second-order valence-corrected chi connectivity index (χ2v) is 6.22. The van der Waals surface area contributed by atoms with Crippen LogP contribution >= 0.6 is 0 Å². The first-order valence-electron chi connectivity index (χ1n) is 8.41. The van der Waals surface area contributed by atoms with Crippen molar-refractivity contribution in [3.63, 3.8) is 0 Å². The molecule has 1 atom stereocenters. The standard InChI is InChI=1S/C20H26N2O/c1-16(23-2)18-7-9-20(10-8-18)19-5-3-17(4-6-19)15-22-13-11-21-12-14-22/h3-10,16,21H,11-15H2,1-2H3/t16-/m0/s1. The average Bonchev–Trinajstić information content (AvgIpc) is 2.63. The van der Waals surface area contributed by atoms with Crippen molar-refractivity contribution in [3.05, 3.63) is 59.7 Å². The normalized spacial score (nSPS) is 17.1. The summed E-state index contributed by atoms with van der Waals surface area (Å²) >= 11 is 0. The van der Waals surface area contributed by atoms with Gasteiger partial charge in [0.25, 0.3) is 0 Å². The fourth-order valence-corrected chi connectivity index (χ4v) is 3.01. The Morgan fingerprint density at radius 2 is 1.52 bits per heavy atom. The van der Waals surface area contributed by atoms with Gasteiger partial charge < -0.3 is 10.1 Å². The molecule has 1 saturated heterocycles. The highest BCUT2D eigenvalue weighted by molar-refractivity contribution is 5.64. The van der Waals surface area contributed by atoms with E-state index in [1.54, 1.807) is 7.11 Å². The van der Waals surface area contributed by atoms with Gasteiger partial charge in [0.15, 0.2) is 0 Å². The summed E-state index contributed by atoms with van der Waals surface area (Å²) in [7, 11) is 1.75. The fourth-order valence-electron chi connectivity index (χ4n) is 3.01. The number of piperazine rings is 1. The topological polar surface area (TPSA) is 24.5 Å². The van der Waals surface area contributed by atoms with E-state index >= 15 is 0 Å². The van der Waals surface area contributed by atoms with Gasteiger partial charge in [0.05, 0.1) is 6.10 Å². The number of nitrogens with one attached hydrogen (secondary N) is 1. The van der Waals surface area contributed by atoms with E-state index in [0.29, 0.717) is 0 Å². The van der Waals surface area contributed by atoms with E-state index in [-0.39, 0.29) is 6.10 Å². The lowest BCUT2D eigenvalue weighted by atomic mass is 10.0. The Bertz CT molecular complexity index is 601. The first-order valence-corrected chi connectivity index (χ1v) is 8.41. The number of benzene rings is 2.